The number of fused-ring (bicyclic) bond motifs is 3. The molecule has 0 saturated carbocycles. The lowest BCUT2D eigenvalue weighted by Crippen LogP contribution is -2.48. The first-order valence-corrected chi connectivity index (χ1v) is 11.5. The fourth-order valence-corrected chi connectivity index (χ4v) is 5.24. The molecule has 0 aromatic heterocycles. The predicted molar refractivity (Wildman–Crippen MR) is 131 cm³/mol. The van der Waals surface area contributed by atoms with Crippen molar-refractivity contribution in [2.45, 2.75) is 45.7 Å². The first-order chi connectivity index (χ1) is 16.6. The summed E-state index contributed by atoms with van der Waals surface area (Å²) < 4.78 is 5.44. The Balaban J connectivity index is 2.04. The molecule has 0 radical (unpaired) electrons. The minimum absolute atomic E-state index is 0.0696. The highest BCUT2D eigenvalue weighted by Gasteiger charge is 2.67. The molecule has 180 valence electrons. The van der Waals surface area contributed by atoms with Crippen LogP contribution in [-0.2, 0) is 14.3 Å². The number of rotatable bonds is 5. The summed E-state index contributed by atoms with van der Waals surface area (Å²) in [6, 6.07) is 13.9. The second-order valence-electron chi connectivity index (χ2n) is 9.86. The summed E-state index contributed by atoms with van der Waals surface area (Å²) in [6.07, 6.45) is 3.65. The molecule has 0 amide bonds. The number of nitro benzene ring substituents is 1. The number of benzene rings is 2. The third kappa shape index (κ3) is 3.68. The van der Waals surface area contributed by atoms with Crippen molar-refractivity contribution in [2.24, 2.45) is 10.8 Å². The highest BCUT2D eigenvalue weighted by molar-refractivity contribution is 5.99. The molecule has 1 saturated heterocycles. The molecule has 4 rings (SSSR count). The van der Waals surface area contributed by atoms with Crippen LogP contribution in [-0.4, -0.2) is 35.4 Å². The van der Waals surface area contributed by atoms with Gasteiger partial charge in [-0.1, -0.05) is 63.3 Å². The van der Waals surface area contributed by atoms with Gasteiger partial charge in [-0.2, -0.15) is 5.26 Å². The van der Waals surface area contributed by atoms with Gasteiger partial charge in [-0.25, -0.2) is 0 Å². The van der Waals surface area contributed by atoms with Gasteiger partial charge >= 0.3 is 5.97 Å². The lowest BCUT2D eigenvalue weighted by atomic mass is 9.67. The van der Waals surface area contributed by atoms with Gasteiger partial charge in [-0.15, -0.1) is 0 Å². The number of non-ortho nitro benzene ring substituents is 1. The molecule has 2 aromatic carbocycles. The Kier molecular flexibility index (Phi) is 5.97. The molecule has 8 heteroatoms. The van der Waals surface area contributed by atoms with Crippen LogP contribution in [0.25, 0.3) is 6.08 Å². The lowest BCUT2D eigenvalue weighted by Gasteiger charge is -2.37. The van der Waals surface area contributed by atoms with E-state index in [9.17, 15) is 25.0 Å². The molecule has 35 heavy (non-hydrogen) atoms. The number of nitriles is 1. The molecule has 0 N–H and O–H groups in total. The summed E-state index contributed by atoms with van der Waals surface area (Å²) >= 11 is 0. The fourth-order valence-electron chi connectivity index (χ4n) is 5.24. The molecule has 0 bridgehead atoms. The number of carbonyl (C=O) groups is 2. The van der Waals surface area contributed by atoms with Crippen LogP contribution in [0, 0.1) is 32.3 Å². The molecule has 2 heterocycles. The van der Waals surface area contributed by atoms with Crippen molar-refractivity contribution in [1.82, 2.24) is 0 Å². The number of nitrogens with zero attached hydrogens (tertiary/aromatic N) is 3. The highest BCUT2D eigenvalue weighted by atomic mass is 16.6. The van der Waals surface area contributed by atoms with Gasteiger partial charge in [0.05, 0.1) is 29.7 Å². The van der Waals surface area contributed by atoms with Crippen LogP contribution in [0.3, 0.4) is 0 Å². The predicted octanol–water partition coefficient (Wildman–Crippen LogP) is 4.65. The van der Waals surface area contributed by atoms with Crippen molar-refractivity contribution >= 4 is 29.2 Å². The van der Waals surface area contributed by atoms with Crippen LogP contribution >= 0.6 is 0 Å². The maximum atomic E-state index is 14.0. The van der Waals surface area contributed by atoms with Crippen LogP contribution in [0.15, 0.2) is 54.6 Å². The minimum Gasteiger partial charge on any atom is -0.465 e. The molecule has 0 aliphatic carbocycles. The standard InChI is InChI=1S/C27H27N3O5/c1-5-35-25(32)27(16-28)21-15-12-17-8-6-7-9-20(17)29(21)23(24(31)26(2,3)4)22(27)18-10-13-19(14-11-18)30(33)34/h6-15,21-23H,5H2,1-4H3. The summed E-state index contributed by atoms with van der Waals surface area (Å²) in [7, 11) is 0. The second kappa shape index (κ2) is 8.66. The average molecular weight is 474 g/mol. The summed E-state index contributed by atoms with van der Waals surface area (Å²) in [5.74, 6) is -1.77. The van der Waals surface area contributed by atoms with E-state index in [1.54, 1.807) is 33.8 Å². The van der Waals surface area contributed by atoms with E-state index in [0.717, 1.165) is 11.3 Å². The van der Waals surface area contributed by atoms with Gasteiger partial charge < -0.3 is 9.64 Å². The van der Waals surface area contributed by atoms with Crippen molar-refractivity contribution in [3.8, 4) is 6.07 Å². The molecule has 4 atom stereocenters. The van der Waals surface area contributed by atoms with Crippen molar-refractivity contribution in [3.63, 3.8) is 0 Å². The Morgan fingerprint density at radius 1 is 1.17 bits per heavy atom. The van der Waals surface area contributed by atoms with Gasteiger partial charge in [0.25, 0.3) is 5.69 Å². The normalized spacial score (nSPS) is 24.8. The maximum Gasteiger partial charge on any atom is 0.329 e. The first kappa shape index (κ1) is 24.1. The molecular formula is C27H27N3O5. The summed E-state index contributed by atoms with van der Waals surface area (Å²) in [5, 5.41) is 21.9. The van der Waals surface area contributed by atoms with Crippen LogP contribution in [0.4, 0.5) is 11.4 Å². The Morgan fingerprint density at radius 3 is 2.40 bits per heavy atom. The number of ether oxygens (including phenoxy) is 1. The lowest BCUT2D eigenvalue weighted by molar-refractivity contribution is -0.384. The van der Waals surface area contributed by atoms with E-state index in [1.807, 2.05) is 35.2 Å². The number of hydrogen-bond acceptors (Lipinski definition) is 7. The van der Waals surface area contributed by atoms with E-state index < -0.39 is 39.7 Å². The van der Waals surface area contributed by atoms with Gasteiger partial charge in [0.2, 0.25) is 0 Å². The Hall–Kier alpha value is -3.99. The van der Waals surface area contributed by atoms with Gasteiger partial charge in [0, 0.05) is 29.2 Å². The van der Waals surface area contributed by atoms with Crippen LogP contribution in [0.2, 0.25) is 0 Å². The molecule has 8 nitrogen and oxygen atoms in total. The maximum absolute atomic E-state index is 14.0. The molecule has 1 fully saturated rings. The number of nitro groups is 1. The van der Waals surface area contributed by atoms with E-state index in [-0.39, 0.29) is 18.1 Å². The van der Waals surface area contributed by atoms with Crippen LogP contribution in [0.1, 0.15) is 44.7 Å². The van der Waals surface area contributed by atoms with Gasteiger partial charge in [0.15, 0.2) is 11.2 Å². The smallest absolute Gasteiger partial charge is 0.329 e. The second-order valence-corrected chi connectivity index (χ2v) is 9.86. The summed E-state index contributed by atoms with van der Waals surface area (Å²) in [4.78, 5) is 40.3. The van der Waals surface area contributed by atoms with Crippen LogP contribution in [0.5, 0.6) is 0 Å². The molecular weight excluding hydrogens is 446 g/mol. The van der Waals surface area contributed by atoms with Gasteiger partial charge in [-0.05, 0) is 24.1 Å². The number of ketones is 1. The number of hydrogen-bond donors (Lipinski definition) is 0. The zero-order valence-corrected chi connectivity index (χ0v) is 20.1. The van der Waals surface area contributed by atoms with Crippen molar-refractivity contribution in [3.05, 3.63) is 75.8 Å². The topological polar surface area (TPSA) is 114 Å². The Bertz CT molecular complexity index is 1250. The highest BCUT2D eigenvalue weighted by Crippen LogP contribution is 2.57. The molecule has 4 unspecified atom stereocenters. The number of carbonyl (C=O) groups excluding carboxylic acids is 2. The first-order valence-electron chi connectivity index (χ1n) is 11.5. The van der Waals surface area contributed by atoms with Gasteiger partial charge in [-0.3, -0.25) is 19.7 Å². The summed E-state index contributed by atoms with van der Waals surface area (Å²) in [6.45, 7) is 7.15. The number of Topliss-reactive ketones (excluding diaryl/α,β-unsaturated/α-hetero) is 1. The van der Waals surface area contributed by atoms with E-state index >= 15 is 0 Å². The molecule has 2 aliphatic heterocycles. The summed E-state index contributed by atoms with van der Waals surface area (Å²) in [5.41, 5.74) is -0.543. The van der Waals surface area contributed by atoms with Crippen molar-refractivity contribution < 1.29 is 19.2 Å². The average Bonchev–Trinajstić information content (AvgIpc) is 3.14. The van der Waals surface area contributed by atoms with E-state index in [0.29, 0.717) is 5.56 Å². The van der Waals surface area contributed by atoms with E-state index in [2.05, 4.69) is 6.07 Å². The quantitative estimate of drug-likeness (QED) is 0.353. The number of anilines is 1. The third-order valence-corrected chi connectivity index (χ3v) is 6.81. The Labute approximate surface area is 204 Å². The minimum atomic E-state index is -1.75. The zero-order valence-electron chi connectivity index (χ0n) is 20.1. The largest absolute Gasteiger partial charge is 0.465 e. The monoisotopic (exact) mass is 473 g/mol. The van der Waals surface area contributed by atoms with E-state index in [4.69, 9.17) is 4.74 Å². The molecule has 0 spiro atoms. The zero-order chi connectivity index (χ0) is 25.5. The van der Waals surface area contributed by atoms with Crippen molar-refractivity contribution in [1.29, 1.82) is 5.26 Å². The van der Waals surface area contributed by atoms with Crippen LogP contribution < -0.4 is 4.90 Å². The molecule has 2 aromatic rings. The number of esters is 1. The van der Waals surface area contributed by atoms with E-state index in [1.165, 1.54) is 24.3 Å². The SMILES string of the molecule is CCOC(=O)C1(C#N)C(c2ccc([N+](=O)[O-])cc2)C(C(=O)C(C)(C)C)N2c3ccccc3C=CC21. The Morgan fingerprint density at radius 2 is 1.83 bits per heavy atom. The number of para-hydroxylation sites is 1. The molecule has 2 aliphatic rings. The third-order valence-electron chi connectivity index (χ3n) is 6.81. The van der Waals surface area contributed by atoms with Crippen molar-refractivity contribution in [2.75, 3.05) is 11.5 Å². The van der Waals surface area contributed by atoms with Gasteiger partial charge in [0.1, 0.15) is 0 Å². The fraction of sp³-hybridized carbons (Fsp3) is 0.370.